The predicted octanol–water partition coefficient (Wildman–Crippen LogP) is 4.60. The van der Waals surface area contributed by atoms with Crippen LogP contribution in [0.1, 0.15) is 31.2 Å². The van der Waals surface area contributed by atoms with Crippen LogP contribution in [0.5, 0.6) is 0 Å². The molecule has 4 heteroatoms. The van der Waals surface area contributed by atoms with Crippen LogP contribution in [0.25, 0.3) is 17.2 Å². The van der Waals surface area contributed by atoms with Gasteiger partial charge in [-0.1, -0.05) is 38.1 Å². The average molecular weight is 306 g/mol. The predicted molar refractivity (Wildman–Crippen MR) is 92.2 cm³/mol. The van der Waals surface area contributed by atoms with Crippen molar-refractivity contribution < 1.29 is 9.21 Å². The van der Waals surface area contributed by atoms with E-state index in [0.29, 0.717) is 17.4 Å². The van der Waals surface area contributed by atoms with Crippen LogP contribution >= 0.6 is 0 Å². The number of hydrogen-bond donors (Lipinski definition) is 1. The number of hydrogen-bond acceptors (Lipinski definition) is 3. The van der Waals surface area contributed by atoms with Gasteiger partial charge in [-0.2, -0.15) is 0 Å². The standard InChI is InChI=1S/C19H18N2O2/c1-13(2)14-7-9-15(10-8-14)20-18(22)11-12-19-21-16-5-3-4-6-17(16)23-19/h3-13H,1-2H3,(H,20,22)/b12-11+. The number of nitrogens with one attached hydrogen (secondary N) is 1. The SMILES string of the molecule is CC(C)c1ccc(NC(=O)/C=C/c2nc3ccccc3o2)cc1. The van der Waals surface area contributed by atoms with E-state index in [2.05, 4.69) is 24.1 Å². The molecule has 1 aromatic heterocycles. The zero-order chi connectivity index (χ0) is 16.2. The Balaban J connectivity index is 1.66. The molecule has 0 atom stereocenters. The van der Waals surface area contributed by atoms with E-state index in [0.717, 1.165) is 11.2 Å². The molecule has 2 aromatic carbocycles. The highest BCUT2D eigenvalue weighted by Gasteiger charge is 2.03. The first-order valence-electron chi connectivity index (χ1n) is 7.56. The molecule has 3 rings (SSSR count). The molecule has 1 heterocycles. The van der Waals surface area contributed by atoms with E-state index < -0.39 is 0 Å². The van der Waals surface area contributed by atoms with Crippen molar-refractivity contribution in [3.8, 4) is 0 Å². The molecule has 23 heavy (non-hydrogen) atoms. The Labute approximate surface area is 134 Å². The first-order valence-corrected chi connectivity index (χ1v) is 7.56. The van der Waals surface area contributed by atoms with Crippen molar-refractivity contribution in [3.05, 3.63) is 66.1 Å². The Morgan fingerprint density at radius 2 is 1.87 bits per heavy atom. The summed E-state index contributed by atoms with van der Waals surface area (Å²) in [5.74, 6) is 0.667. The topological polar surface area (TPSA) is 55.1 Å². The van der Waals surface area contributed by atoms with Crippen LogP contribution in [0.3, 0.4) is 0 Å². The Hall–Kier alpha value is -2.88. The van der Waals surface area contributed by atoms with Gasteiger partial charge < -0.3 is 9.73 Å². The van der Waals surface area contributed by atoms with Crippen molar-refractivity contribution in [2.24, 2.45) is 0 Å². The van der Waals surface area contributed by atoms with Crippen molar-refractivity contribution >= 4 is 28.8 Å². The number of rotatable bonds is 4. The molecule has 3 aromatic rings. The molecule has 1 amide bonds. The minimum Gasteiger partial charge on any atom is -0.437 e. The van der Waals surface area contributed by atoms with Gasteiger partial charge in [0.1, 0.15) is 5.52 Å². The second kappa shape index (κ2) is 6.48. The van der Waals surface area contributed by atoms with Crippen molar-refractivity contribution in [2.45, 2.75) is 19.8 Å². The van der Waals surface area contributed by atoms with Crippen molar-refractivity contribution in [1.29, 1.82) is 0 Å². The maximum Gasteiger partial charge on any atom is 0.248 e. The molecule has 1 N–H and O–H groups in total. The lowest BCUT2D eigenvalue weighted by molar-refractivity contribution is -0.111. The fourth-order valence-electron chi connectivity index (χ4n) is 2.24. The highest BCUT2D eigenvalue weighted by atomic mass is 16.3. The summed E-state index contributed by atoms with van der Waals surface area (Å²) in [6.45, 7) is 4.27. The number of aromatic nitrogens is 1. The van der Waals surface area contributed by atoms with Crippen molar-refractivity contribution in [1.82, 2.24) is 4.98 Å². The van der Waals surface area contributed by atoms with Crippen LogP contribution in [0.2, 0.25) is 0 Å². The molecule has 0 fully saturated rings. The first kappa shape index (κ1) is 15.0. The zero-order valence-corrected chi connectivity index (χ0v) is 13.1. The van der Waals surface area contributed by atoms with E-state index in [1.807, 2.05) is 48.5 Å². The summed E-state index contributed by atoms with van der Waals surface area (Å²) >= 11 is 0. The van der Waals surface area contributed by atoms with Crippen LogP contribution in [0.15, 0.2) is 59.0 Å². The van der Waals surface area contributed by atoms with Gasteiger partial charge in [-0.15, -0.1) is 0 Å². The molecule has 0 saturated heterocycles. The highest BCUT2D eigenvalue weighted by molar-refractivity contribution is 6.01. The minimum atomic E-state index is -0.218. The molecule has 0 aliphatic carbocycles. The van der Waals surface area contributed by atoms with E-state index >= 15 is 0 Å². The Morgan fingerprint density at radius 1 is 1.13 bits per heavy atom. The lowest BCUT2D eigenvalue weighted by atomic mass is 10.0. The highest BCUT2D eigenvalue weighted by Crippen LogP contribution is 2.18. The number of oxazole rings is 1. The summed E-state index contributed by atoms with van der Waals surface area (Å²) in [6.07, 6.45) is 2.99. The Kier molecular flexibility index (Phi) is 4.24. The molecule has 4 nitrogen and oxygen atoms in total. The second-order valence-electron chi connectivity index (χ2n) is 5.62. The molecule has 0 saturated carbocycles. The van der Waals surface area contributed by atoms with E-state index in [-0.39, 0.29) is 5.91 Å². The minimum absolute atomic E-state index is 0.218. The van der Waals surface area contributed by atoms with Crippen molar-refractivity contribution in [3.63, 3.8) is 0 Å². The van der Waals surface area contributed by atoms with E-state index in [1.54, 1.807) is 6.08 Å². The van der Waals surface area contributed by atoms with Gasteiger partial charge in [-0.05, 0) is 35.7 Å². The first-order chi connectivity index (χ1) is 11.1. The van der Waals surface area contributed by atoms with E-state index in [9.17, 15) is 4.79 Å². The van der Waals surface area contributed by atoms with Crippen LogP contribution in [0, 0.1) is 0 Å². The molecule has 0 radical (unpaired) electrons. The van der Waals surface area contributed by atoms with Crippen LogP contribution in [0.4, 0.5) is 5.69 Å². The number of benzene rings is 2. The Bertz CT molecular complexity index is 812. The molecule has 0 bridgehead atoms. The molecular formula is C19H18N2O2. The van der Waals surface area contributed by atoms with E-state index in [1.165, 1.54) is 11.6 Å². The number of carbonyl (C=O) groups is 1. The molecular weight excluding hydrogens is 288 g/mol. The molecule has 0 unspecified atom stereocenters. The number of fused-ring (bicyclic) bond motifs is 1. The smallest absolute Gasteiger partial charge is 0.248 e. The largest absolute Gasteiger partial charge is 0.437 e. The third kappa shape index (κ3) is 3.66. The lowest BCUT2D eigenvalue weighted by Crippen LogP contribution is -2.07. The third-order valence-electron chi connectivity index (χ3n) is 3.53. The van der Waals surface area contributed by atoms with Gasteiger partial charge in [0.25, 0.3) is 0 Å². The number of para-hydroxylation sites is 2. The van der Waals surface area contributed by atoms with Gasteiger partial charge >= 0.3 is 0 Å². The maximum absolute atomic E-state index is 12.0. The van der Waals surface area contributed by atoms with Gasteiger partial charge in [0.2, 0.25) is 11.8 Å². The average Bonchev–Trinajstić information content (AvgIpc) is 2.96. The lowest BCUT2D eigenvalue weighted by Gasteiger charge is -2.07. The molecule has 116 valence electrons. The summed E-state index contributed by atoms with van der Waals surface area (Å²) in [7, 11) is 0. The van der Waals surface area contributed by atoms with Gasteiger partial charge in [0.15, 0.2) is 5.58 Å². The molecule has 0 aliphatic heterocycles. The van der Waals surface area contributed by atoms with Gasteiger partial charge in [0.05, 0.1) is 0 Å². The maximum atomic E-state index is 12.0. The van der Waals surface area contributed by atoms with Crippen LogP contribution in [-0.4, -0.2) is 10.9 Å². The molecule has 0 spiro atoms. The number of carbonyl (C=O) groups excluding carboxylic acids is 1. The molecule has 0 aliphatic rings. The quantitative estimate of drug-likeness (QED) is 0.716. The van der Waals surface area contributed by atoms with Gasteiger partial charge in [0, 0.05) is 17.8 Å². The number of nitrogens with zero attached hydrogens (tertiary/aromatic N) is 1. The van der Waals surface area contributed by atoms with Crippen LogP contribution < -0.4 is 5.32 Å². The Morgan fingerprint density at radius 3 is 2.57 bits per heavy atom. The summed E-state index contributed by atoms with van der Waals surface area (Å²) in [4.78, 5) is 16.2. The normalized spacial score (nSPS) is 11.4. The summed E-state index contributed by atoms with van der Waals surface area (Å²) in [5.41, 5.74) is 3.49. The number of anilines is 1. The van der Waals surface area contributed by atoms with Crippen molar-refractivity contribution in [2.75, 3.05) is 5.32 Å². The second-order valence-corrected chi connectivity index (χ2v) is 5.62. The summed E-state index contributed by atoms with van der Waals surface area (Å²) < 4.78 is 5.53. The fraction of sp³-hybridized carbons (Fsp3) is 0.158. The fourth-order valence-corrected chi connectivity index (χ4v) is 2.24. The van der Waals surface area contributed by atoms with E-state index in [4.69, 9.17) is 4.42 Å². The summed E-state index contributed by atoms with van der Waals surface area (Å²) in [5, 5.41) is 2.82. The zero-order valence-electron chi connectivity index (χ0n) is 13.1. The number of amides is 1. The monoisotopic (exact) mass is 306 g/mol. The summed E-state index contributed by atoms with van der Waals surface area (Å²) in [6, 6.07) is 15.3. The van der Waals surface area contributed by atoms with Crippen LogP contribution in [-0.2, 0) is 4.79 Å². The third-order valence-corrected chi connectivity index (χ3v) is 3.53. The van der Waals surface area contributed by atoms with Gasteiger partial charge in [-0.3, -0.25) is 4.79 Å². The van der Waals surface area contributed by atoms with Gasteiger partial charge in [-0.25, -0.2) is 4.98 Å².